The van der Waals surface area contributed by atoms with Crippen molar-refractivity contribution in [1.29, 1.82) is 0 Å². The second kappa shape index (κ2) is 9.44. The fourth-order valence-electron chi connectivity index (χ4n) is 3.90. The summed E-state index contributed by atoms with van der Waals surface area (Å²) in [6.45, 7) is -0.490. The Bertz CT molecular complexity index is 1170. The van der Waals surface area contributed by atoms with Gasteiger partial charge in [0.2, 0.25) is 5.78 Å². The molecule has 1 saturated heterocycles. The van der Waals surface area contributed by atoms with Gasteiger partial charge in [-0.2, -0.15) is 0 Å². The normalized spacial score (nSPS) is 20.1. The Labute approximate surface area is 194 Å². The summed E-state index contributed by atoms with van der Waals surface area (Å²) >= 11 is 0. The Kier molecular flexibility index (Phi) is 6.42. The zero-order valence-corrected chi connectivity index (χ0v) is 18.5. The largest absolute Gasteiger partial charge is 0.497 e. The molecule has 1 unspecified atom stereocenters. The smallest absolute Gasteiger partial charge is 0.326 e. The maximum absolute atomic E-state index is 12.8. The molecule has 10 nitrogen and oxygen atoms in total. The second-order valence-electron chi connectivity index (χ2n) is 7.78. The number of allylic oxidation sites excluding steroid dienone is 1. The molecule has 1 fully saturated rings. The lowest BCUT2D eigenvalue weighted by Crippen LogP contribution is -2.42. The minimum absolute atomic E-state index is 0.0247. The second-order valence-corrected chi connectivity index (χ2v) is 7.78. The van der Waals surface area contributed by atoms with Gasteiger partial charge in [-0.15, -0.1) is 0 Å². The molecule has 1 amide bonds. The quantitative estimate of drug-likeness (QED) is 0.582. The van der Waals surface area contributed by atoms with Crippen LogP contribution in [0.4, 0.5) is 0 Å². The zero-order valence-electron chi connectivity index (χ0n) is 18.5. The van der Waals surface area contributed by atoms with Gasteiger partial charge in [0.1, 0.15) is 29.0 Å². The number of ketones is 1. The van der Waals surface area contributed by atoms with Crippen LogP contribution >= 0.6 is 0 Å². The number of carboxylic acid groups (broad SMARTS) is 1. The summed E-state index contributed by atoms with van der Waals surface area (Å²) in [7, 11) is 3.05. The highest BCUT2D eigenvalue weighted by molar-refractivity contribution is 6.14. The Morgan fingerprint density at radius 1 is 1.15 bits per heavy atom. The fraction of sp³-hybridized carbons (Fsp3) is 0.292. The first-order valence-electron chi connectivity index (χ1n) is 10.4. The number of benzene rings is 2. The van der Waals surface area contributed by atoms with E-state index in [1.807, 2.05) is 0 Å². The number of nitrogens with zero attached hydrogens (tertiary/aromatic N) is 1. The number of likely N-dealkylation sites (tertiary alicyclic amines) is 1. The van der Waals surface area contributed by atoms with Crippen LogP contribution in [0.25, 0.3) is 6.08 Å². The number of β-amino-alcohol motifs (C(OH)–C–C–N with tert-alkyl or cyclic N) is 1. The van der Waals surface area contributed by atoms with Crippen LogP contribution in [0.15, 0.2) is 42.2 Å². The van der Waals surface area contributed by atoms with Crippen molar-refractivity contribution in [3.8, 4) is 23.0 Å². The number of aliphatic carboxylic acids is 1. The number of aliphatic hydroxyl groups is 1. The summed E-state index contributed by atoms with van der Waals surface area (Å²) in [5.74, 6) is -0.312. The van der Waals surface area contributed by atoms with Gasteiger partial charge in [-0.05, 0) is 36.4 Å². The van der Waals surface area contributed by atoms with Crippen LogP contribution in [0.1, 0.15) is 22.3 Å². The number of carbonyl (C=O) groups excluding carboxylic acids is 2. The maximum atomic E-state index is 12.8. The van der Waals surface area contributed by atoms with E-state index in [1.54, 1.807) is 24.3 Å². The van der Waals surface area contributed by atoms with E-state index >= 15 is 0 Å². The van der Waals surface area contributed by atoms with E-state index in [0.29, 0.717) is 22.6 Å². The molecule has 4 rings (SSSR count). The van der Waals surface area contributed by atoms with Gasteiger partial charge < -0.3 is 34.1 Å². The van der Waals surface area contributed by atoms with Gasteiger partial charge in [0.05, 0.1) is 25.9 Å². The highest BCUT2D eigenvalue weighted by Crippen LogP contribution is 2.36. The van der Waals surface area contributed by atoms with Gasteiger partial charge >= 0.3 is 5.97 Å². The molecule has 0 aliphatic carbocycles. The molecule has 0 bridgehead atoms. The van der Waals surface area contributed by atoms with Crippen LogP contribution in [-0.2, 0) is 9.59 Å². The van der Waals surface area contributed by atoms with E-state index in [4.69, 9.17) is 18.9 Å². The Morgan fingerprint density at radius 2 is 1.91 bits per heavy atom. The summed E-state index contributed by atoms with van der Waals surface area (Å²) in [6, 6.07) is 8.61. The topological polar surface area (TPSA) is 132 Å². The van der Waals surface area contributed by atoms with Crippen molar-refractivity contribution in [1.82, 2.24) is 4.90 Å². The van der Waals surface area contributed by atoms with Crippen molar-refractivity contribution >= 4 is 23.7 Å². The molecule has 10 heteroatoms. The molecule has 2 aliphatic heterocycles. The molecule has 0 aromatic heterocycles. The molecule has 0 spiro atoms. The lowest BCUT2D eigenvalue weighted by molar-refractivity contribution is -0.148. The molecule has 2 N–H and O–H groups in total. The number of hydrogen-bond donors (Lipinski definition) is 2. The van der Waals surface area contributed by atoms with E-state index in [-0.39, 0.29) is 36.0 Å². The molecule has 0 saturated carbocycles. The third-order valence-electron chi connectivity index (χ3n) is 5.61. The number of amides is 1. The fourth-order valence-corrected chi connectivity index (χ4v) is 3.90. The van der Waals surface area contributed by atoms with E-state index < -0.39 is 30.6 Å². The van der Waals surface area contributed by atoms with Crippen molar-refractivity contribution in [2.75, 3.05) is 27.4 Å². The predicted octanol–water partition coefficient (Wildman–Crippen LogP) is 1.75. The number of aliphatic hydroxyl groups excluding tert-OH is 1. The van der Waals surface area contributed by atoms with Crippen molar-refractivity contribution in [2.24, 2.45) is 0 Å². The SMILES string of the molecule is COc1ccc(OC)c(C=C2Oc3cc(OCC(=O)N4CC(O)C[C@H]4C(=O)O)ccc3C2=O)c1. The van der Waals surface area contributed by atoms with Gasteiger partial charge in [-0.25, -0.2) is 4.79 Å². The number of Topliss-reactive ketones (excluding diaryl/α,β-unsaturated/α-hetero) is 1. The number of ether oxygens (including phenoxy) is 4. The first kappa shape index (κ1) is 23.1. The van der Waals surface area contributed by atoms with Gasteiger partial charge in [0.25, 0.3) is 5.91 Å². The molecular formula is C24H23NO9. The number of rotatable bonds is 7. The van der Waals surface area contributed by atoms with Gasteiger partial charge in [0, 0.05) is 24.6 Å². The van der Waals surface area contributed by atoms with Crippen LogP contribution in [0.5, 0.6) is 23.0 Å². The number of hydrogen-bond acceptors (Lipinski definition) is 8. The van der Waals surface area contributed by atoms with E-state index in [1.165, 1.54) is 32.4 Å². The van der Waals surface area contributed by atoms with Crippen molar-refractivity contribution in [3.63, 3.8) is 0 Å². The first-order chi connectivity index (χ1) is 16.3. The van der Waals surface area contributed by atoms with Gasteiger partial charge in [0.15, 0.2) is 12.4 Å². The molecular weight excluding hydrogens is 446 g/mol. The zero-order chi connectivity index (χ0) is 24.4. The van der Waals surface area contributed by atoms with Crippen LogP contribution in [0, 0.1) is 0 Å². The molecule has 2 atom stereocenters. The molecule has 0 radical (unpaired) electrons. The maximum Gasteiger partial charge on any atom is 0.326 e. The summed E-state index contributed by atoms with van der Waals surface area (Å²) in [6.07, 6.45) is 0.638. The summed E-state index contributed by atoms with van der Waals surface area (Å²) in [5, 5.41) is 19.0. The van der Waals surface area contributed by atoms with Gasteiger partial charge in [-0.1, -0.05) is 0 Å². The minimum Gasteiger partial charge on any atom is -0.497 e. The minimum atomic E-state index is -1.18. The summed E-state index contributed by atoms with van der Waals surface area (Å²) in [5.41, 5.74) is 0.932. The molecule has 34 heavy (non-hydrogen) atoms. The number of carboxylic acids is 1. The summed E-state index contributed by atoms with van der Waals surface area (Å²) in [4.78, 5) is 37.6. The number of methoxy groups -OCH3 is 2. The Balaban J connectivity index is 1.47. The lowest BCUT2D eigenvalue weighted by atomic mass is 10.1. The average molecular weight is 469 g/mol. The third kappa shape index (κ3) is 4.53. The molecule has 2 aromatic rings. The van der Waals surface area contributed by atoms with E-state index in [0.717, 1.165) is 4.90 Å². The Morgan fingerprint density at radius 3 is 2.62 bits per heavy atom. The standard InChI is InChI=1S/C24H23NO9/c1-31-15-4-6-19(32-2)13(7-15)8-21-23(28)17-5-3-16(10-20(17)34-21)33-12-22(27)25-11-14(26)9-18(25)24(29)30/h3-8,10,14,18,26H,9,11-12H2,1-2H3,(H,29,30)/t14?,18-/m0/s1. The molecule has 2 aliphatic rings. The average Bonchev–Trinajstić information content (AvgIpc) is 3.37. The Hall–Kier alpha value is -4.05. The highest BCUT2D eigenvalue weighted by Gasteiger charge is 2.39. The van der Waals surface area contributed by atoms with E-state index in [9.17, 15) is 24.6 Å². The molecule has 2 aromatic carbocycles. The van der Waals surface area contributed by atoms with Crippen molar-refractivity contribution in [2.45, 2.75) is 18.6 Å². The van der Waals surface area contributed by atoms with Crippen LogP contribution < -0.4 is 18.9 Å². The molecule has 2 heterocycles. The summed E-state index contributed by atoms with van der Waals surface area (Å²) < 4.78 is 21.8. The highest BCUT2D eigenvalue weighted by atomic mass is 16.5. The monoisotopic (exact) mass is 469 g/mol. The molecule has 178 valence electrons. The van der Waals surface area contributed by atoms with Crippen LogP contribution in [0.2, 0.25) is 0 Å². The van der Waals surface area contributed by atoms with Crippen molar-refractivity contribution < 1.29 is 43.5 Å². The first-order valence-corrected chi connectivity index (χ1v) is 10.4. The number of carbonyl (C=O) groups is 3. The van der Waals surface area contributed by atoms with Crippen LogP contribution in [-0.4, -0.2) is 72.3 Å². The number of fused-ring (bicyclic) bond motifs is 1. The van der Waals surface area contributed by atoms with Crippen LogP contribution in [0.3, 0.4) is 0 Å². The van der Waals surface area contributed by atoms with E-state index in [2.05, 4.69) is 0 Å². The lowest BCUT2D eigenvalue weighted by Gasteiger charge is -2.21. The van der Waals surface area contributed by atoms with Crippen molar-refractivity contribution in [3.05, 3.63) is 53.3 Å². The third-order valence-corrected chi connectivity index (χ3v) is 5.61. The van der Waals surface area contributed by atoms with Gasteiger partial charge in [-0.3, -0.25) is 9.59 Å². The predicted molar refractivity (Wildman–Crippen MR) is 118 cm³/mol.